The zero-order valence-electron chi connectivity index (χ0n) is 14.3. The lowest BCUT2D eigenvalue weighted by Gasteiger charge is -2.08. The van der Waals surface area contributed by atoms with E-state index in [4.69, 9.17) is 11.6 Å². The van der Waals surface area contributed by atoms with Gasteiger partial charge in [-0.25, -0.2) is 0 Å². The number of anilines is 1. The summed E-state index contributed by atoms with van der Waals surface area (Å²) in [6.45, 7) is 4.42. The molecule has 25 heavy (non-hydrogen) atoms. The van der Waals surface area contributed by atoms with Crippen molar-refractivity contribution in [3.8, 4) is 0 Å². The number of hydrogen-bond donors (Lipinski definition) is 1. The number of carbonyl (C=O) groups excluding carboxylic acids is 1. The summed E-state index contributed by atoms with van der Waals surface area (Å²) in [7, 11) is 0. The zero-order chi connectivity index (χ0) is 17.8. The predicted molar refractivity (Wildman–Crippen MR) is 101 cm³/mol. The van der Waals surface area contributed by atoms with E-state index < -0.39 is 0 Å². The SMILES string of the molecule is Cc1nn(Cc2ccccc2Cl)c(C)c1NC(=O)Cc1ccccc1. The van der Waals surface area contributed by atoms with Gasteiger partial charge in [0.05, 0.1) is 30.0 Å². The average Bonchev–Trinajstić information content (AvgIpc) is 2.85. The van der Waals surface area contributed by atoms with Crippen molar-refractivity contribution in [2.24, 2.45) is 0 Å². The highest BCUT2D eigenvalue weighted by molar-refractivity contribution is 6.31. The van der Waals surface area contributed by atoms with E-state index in [1.165, 1.54) is 0 Å². The number of aromatic nitrogens is 2. The summed E-state index contributed by atoms with van der Waals surface area (Å²) < 4.78 is 1.87. The molecule has 3 rings (SSSR count). The van der Waals surface area contributed by atoms with Crippen LogP contribution in [0.4, 0.5) is 5.69 Å². The predicted octanol–water partition coefficient (Wildman–Crippen LogP) is 4.38. The van der Waals surface area contributed by atoms with Crippen LogP contribution >= 0.6 is 11.6 Å². The summed E-state index contributed by atoms with van der Waals surface area (Å²) >= 11 is 6.24. The Morgan fingerprint density at radius 2 is 1.76 bits per heavy atom. The molecule has 5 heteroatoms. The standard InChI is InChI=1S/C20H20ClN3O/c1-14-20(22-19(25)12-16-8-4-3-5-9-16)15(2)24(23-14)13-17-10-6-7-11-18(17)21/h3-11H,12-13H2,1-2H3,(H,22,25). The first-order valence-corrected chi connectivity index (χ1v) is 8.53. The van der Waals surface area contributed by atoms with E-state index in [0.717, 1.165) is 28.2 Å². The Bertz CT molecular complexity index is 887. The van der Waals surface area contributed by atoms with Gasteiger partial charge in [-0.3, -0.25) is 9.48 Å². The van der Waals surface area contributed by atoms with E-state index in [9.17, 15) is 4.79 Å². The zero-order valence-corrected chi connectivity index (χ0v) is 15.0. The molecule has 0 saturated carbocycles. The van der Waals surface area contributed by atoms with Crippen LogP contribution in [-0.2, 0) is 17.8 Å². The Morgan fingerprint density at radius 3 is 2.48 bits per heavy atom. The molecule has 1 heterocycles. The van der Waals surface area contributed by atoms with Gasteiger partial charge < -0.3 is 5.32 Å². The van der Waals surface area contributed by atoms with Gasteiger partial charge in [0, 0.05) is 5.02 Å². The maximum Gasteiger partial charge on any atom is 0.228 e. The summed E-state index contributed by atoms with van der Waals surface area (Å²) in [6.07, 6.45) is 0.343. The Labute approximate surface area is 152 Å². The minimum atomic E-state index is -0.0466. The number of nitrogens with one attached hydrogen (secondary N) is 1. The van der Waals surface area contributed by atoms with Crippen molar-refractivity contribution in [1.82, 2.24) is 9.78 Å². The number of nitrogens with zero attached hydrogens (tertiary/aromatic N) is 2. The van der Waals surface area contributed by atoms with Crippen molar-refractivity contribution in [1.29, 1.82) is 0 Å². The monoisotopic (exact) mass is 353 g/mol. The molecule has 1 N–H and O–H groups in total. The Morgan fingerprint density at radius 1 is 1.08 bits per heavy atom. The number of aryl methyl sites for hydroxylation is 1. The number of amides is 1. The van der Waals surface area contributed by atoms with Crippen molar-refractivity contribution in [3.05, 3.63) is 82.1 Å². The van der Waals surface area contributed by atoms with Crippen LogP contribution in [0.1, 0.15) is 22.5 Å². The first kappa shape index (κ1) is 17.2. The number of hydrogen-bond acceptors (Lipinski definition) is 2. The minimum Gasteiger partial charge on any atom is -0.323 e. The lowest BCUT2D eigenvalue weighted by molar-refractivity contribution is -0.115. The number of benzene rings is 2. The summed E-state index contributed by atoms with van der Waals surface area (Å²) in [5, 5.41) is 8.26. The molecular weight excluding hydrogens is 334 g/mol. The van der Waals surface area contributed by atoms with Crippen molar-refractivity contribution >= 4 is 23.2 Å². The lowest BCUT2D eigenvalue weighted by atomic mass is 10.1. The van der Waals surface area contributed by atoms with E-state index >= 15 is 0 Å². The van der Waals surface area contributed by atoms with E-state index in [1.807, 2.05) is 73.1 Å². The van der Waals surface area contributed by atoms with E-state index in [-0.39, 0.29) is 5.91 Å². The van der Waals surface area contributed by atoms with Crippen LogP contribution in [0.25, 0.3) is 0 Å². The van der Waals surface area contributed by atoms with Gasteiger partial charge in [0.25, 0.3) is 0 Å². The molecule has 0 aliphatic carbocycles. The van der Waals surface area contributed by atoms with Crippen molar-refractivity contribution in [3.63, 3.8) is 0 Å². The number of halogens is 1. The molecule has 1 aromatic heterocycles. The first-order chi connectivity index (χ1) is 12.0. The quantitative estimate of drug-likeness (QED) is 0.739. The van der Waals surface area contributed by atoms with Crippen LogP contribution in [0.15, 0.2) is 54.6 Å². The van der Waals surface area contributed by atoms with Gasteiger partial charge in [-0.2, -0.15) is 5.10 Å². The topological polar surface area (TPSA) is 46.9 Å². The molecule has 0 aliphatic heterocycles. The van der Waals surface area contributed by atoms with Gasteiger partial charge in [0.2, 0.25) is 5.91 Å². The van der Waals surface area contributed by atoms with Crippen LogP contribution < -0.4 is 5.32 Å². The molecule has 0 fully saturated rings. The molecule has 0 unspecified atom stereocenters. The molecule has 0 saturated heterocycles. The Hall–Kier alpha value is -2.59. The second kappa shape index (κ2) is 7.53. The molecule has 128 valence electrons. The lowest BCUT2D eigenvalue weighted by Crippen LogP contribution is -2.15. The van der Waals surface area contributed by atoms with Gasteiger partial charge in [-0.1, -0.05) is 60.1 Å². The minimum absolute atomic E-state index is 0.0466. The van der Waals surface area contributed by atoms with Crippen LogP contribution in [0.2, 0.25) is 5.02 Å². The van der Waals surface area contributed by atoms with Crippen LogP contribution in [-0.4, -0.2) is 15.7 Å². The van der Waals surface area contributed by atoms with Gasteiger partial charge in [-0.05, 0) is 31.0 Å². The van der Waals surface area contributed by atoms with E-state index in [0.29, 0.717) is 18.0 Å². The van der Waals surface area contributed by atoms with Gasteiger partial charge in [-0.15, -0.1) is 0 Å². The second-order valence-electron chi connectivity index (χ2n) is 6.01. The molecule has 4 nitrogen and oxygen atoms in total. The molecule has 1 amide bonds. The largest absolute Gasteiger partial charge is 0.323 e. The fraction of sp³-hybridized carbons (Fsp3) is 0.200. The van der Waals surface area contributed by atoms with Crippen LogP contribution in [0.3, 0.4) is 0 Å². The third-order valence-corrected chi connectivity index (χ3v) is 4.50. The summed E-state index contributed by atoms with van der Waals surface area (Å²) in [6, 6.07) is 17.4. The molecule has 3 aromatic rings. The molecular formula is C20H20ClN3O. The summed E-state index contributed by atoms with van der Waals surface area (Å²) in [5.74, 6) is -0.0466. The molecule has 0 bridgehead atoms. The van der Waals surface area contributed by atoms with Gasteiger partial charge in [0.1, 0.15) is 0 Å². The van der Waals surface area contributed by atoms with Crippen molar-refractivity contribution < 1.29 is 4.79 Å². The highest BCUT2D eigenvalue weighted by Gasteiger charge is 2.15. The fourth-order valence-electron chi connectivity index (χ4n) is 2.78. The highest BCUT2D eigenvalue weighted by atomic mass is 35.5. The van der Waals surface area contributed by atoms with Crippen molar-refractivity contribution in [2.45, 2.75) is 26.8 Å². The Kier molecular flexibility index (Phi) is 5.19. The third-order valence-electron chi connectivity index (χ3n) is 4.13. The molecule has 0 radical (unpaired) electrons. The fourth-order valence-corrected chi connectivity index (χ4v) is 2.98. The van der Waals surface area contributed by atoms with E-state index in [1.54, 1.807) is 0 Å². The summed E-state index contributed by atoms with van der Waals surface area (Å²) in [5.41, 5.74) is 4.47. The number of rotatable bonds is 5. The average molecular weight is 354 g/mol. The third kappa shape index (κ3) is 4.09. The van der Waals surface area contributed by atoms with Gasteiger partial charge in [0.15, 0.2) is 0 Å². The maximum atomic E-state index is 12.3. The molecule has 2 aromatic carbocycles. The molecule has 0 atom stereocenters. The first-order valence-electron chi connectivity index (χ1n) is 8.16. The number of carbonyl (C=O) groups is 1. The normalized spacial score (nSPS) is 10.7. The van der Waals surface area contributed by atoms with Crippen LogP contribution in [0.5, 0.6) is 0 Å². The van der Waals surface area contributed by atoms with Gasteiger partial charge >= 0.3 is 0 Å². The smallest absolute Gasteiger partial charge is 0.228 e. The summed E-state index contributed by atoms with van der Waals surface area (Å²) in [4.78, 5) is 12.3. The maximum absolute atomic E-state index is 12.3. The van der Waals surface area contributed by atoms with Crippen LogP contribution in [0, 0.1) is 13.8 Å². The second-order valence-corrected chi connectivity index (χ2v) is 6.41. The highest BCUT2D eigenvalue weighted by Crippen LogP contribution is 2.23. The van der Waals surface area contributed by atoms with E-state index in [2.05, 4.69) is 10.4 Å². The molecule has 0 spiro atoms. The van der Waals surface area contributed by atoms with Crippen molar-refractivity contribution in [2.75, 3.05) is 5.32 Å². The Balaban J connectivity index is 1.76. The molecule has 0 aliphatic rings.